The Bertz CT molecular complexity index is 1080. The van der Waals surface area contributed by atoms with E-state index >= 15 is 0 Å². The number of anilines is 1. The van der Waals surface area contributed by atoms with Crippen molar-refractivity contribution in [1.29, 1.82) is 0 Å². The van der Waals surface area contributed by atoms with E-state index in [1.807, 2.05) is 12.1 Å². The second-order valence-corrected chi connectivity index (χ2v) is 8.82. The van der Waals surface area contributed by atoms with Crippen molar-refractivity contribution >= 4 is 39.9 Å². The van der Waals surface area contributed by atoms with Gasteiger partial charge in [0.25, 0.3) is 0 Å². The highest BCUT2D eigenvalue weighted by molar-refractivity contribution is 7.17. The molecule has 33 heavy (non-hydrogen) atoms. The zero-order chi connectivity index (χ0) is 23.8. The van der Waals surface area contributed by atoms with E-state index in [9.17, 15) is 9.59 Å². The van der Waals surface area contributed by atoms with Crippen molar-refractivity contribution in [3.8, 4) is 11.4 Å². The summed E-state index contributed by atoms with van der Waals surface area (Å²) in [7, 11) is 0. The average Bonchev–Trinajstić information content (AvgIpc) is 3.42. The number of hydrogen-bond donors (Lipinski definition) is 0. The van der Waals surface area contributed by atoms with Gasteiger partial charge in [0.2, 0.25) is 17.6 Å². The first kappa shape index (κ1) is 24.9. The smallest absolute Gasteiger partial charge is 0.350 e. The minimum atomic E-state index is -0.416. The summed E-state index contributed by atoms with van der Waals surface area (Å²) in [5, 5.41) is 5.12. The summed E-state index contributed by atoms with van der Waals surface area (Å²) < 4.78 is 10.4. The molecule has 0 saturated carbocycles. The number of esters is 1. The Morgan fingerprint density at radius 2 is 1.91 bits per heavy atom. The highest BCUT2D eigenvalue weighted by atomic mass is 35.5. The lowest BCUT2D eigenvalue weighted by atomic mass is 10.2. The number of nitrogens with zero attached hydrogens (tertiary/aromatic N) is 4. The second-order valence-electron chi connectivity index (χ2n) is 7.40. The van der Waals surface area contributed by atoms with Crippen molar-refractivity contribution < 1.29 is 18.8 Å². The van der Waals surface area contributed by atoms with Crippen LogP contribution in [0.4, 0.5) is 5.13 Å². The molecule has 3 aromatic rings. The number of carbonyl (C=O) groups excluding carboxylic acids is 2. The Hall–Kier alpha value is -2.78. The van der Waals surface area contributed by atoms with Crippen LogP contribution in [0.2, 0.25) is 5.02 Å². The molecule has 0 N–H and O–H groups in total. The van der Waals surface area contributed by atoms with E-state index < -0.39 is 5.97 Å². The van der Waals surface area contributed by atoms with Gasteiger partial charge in [0.05, 0.1) is 12.3 Å². The first-order valence-corrected chi connectivity index (χ1v) is 12.2. The van der Waals surface area contributed by atoms with E-state index in [0.717, 1.165) is 24.8 Å². The van der Waals surface area contributed by atoms with Crippen molar-refractivity contribution in [2.45, 2.75) is 52.9 Å². The molecule has 1 aromatic carbocycles. The number of amides is 1. The largest absolute Gasteiger partial charge is 0.462 e. The minimum absolute atomic E-state index is 0.110. The van der Waals surface area contributed by atoms with Gasteiger partial charge in [-0.25, -0.2) is 9.78 Å². The number of ether oxygens (including phenoxy) is 1. The molecule has 1 amide bonds. The van der Waals surface area contributed by atoms with E-state index in [1.165, 1.54) is 11.3 Å². The van der Waals surface area contributed by atoms with Gasteiger partial charge < -0.3 is 9.26 Å². The number of hydrogen-bond acceptors (Lipinski definition) is 8. The average molecular weight is 491 g/mol. The lowest BCUT2D eigenvalue weighted by molar-refractivity contribution is -0.118. The maximum atomic E-state index is 13.1. The lowest BCUT2D eigenvalue weighted by Crippen LogP contribution is -2.32. The molecule has 8 nitrogen and oxygen atoms in total. The summed E-state index contributed by atoms with van der Waals surface area (Å²) in [6.07, 6.45) is 3.35. The van der Waals surface area contributed by atoms with Crippen LogP contribution in [0, 0.1) is 6.92 Å². The van der Waals surface area contributed by atoms with Gasteiger partial charge in [0.1, 0.15) is 4.88 Å². The van der Waals surface area contributed by atoms with Crippen LogP contribution < -0.4 is 4.90 Å². The van der Waals surface area contributed by atoms with Crippen LogP contribution in [-0.4, -0.2) is 40.2 Å². The molecule has 0 spiro atoms. The second kappa shape index (κ2) is 11.9. The molecule has 2 heterocycles. The molecule has 0 aliphatic carbocycles. The zero-order valence-electron chi connectivity index (χ0n) is 19.0. The highest BCUT2D eigenvalue weighted by Crippen LogP contribution is 2.28. The maximum absolute atomic E-state index is 13.1. The van der Waals surface area contributed by atoms with Gasteiger partial charge in [-0.1, -0.05) is 47.9 Å². The van der Waals surface area contributed by atoms with Crippen molar-refractivity contribution in [2.75, 3.05) is 18.1 Å². The highest BCUT2D eigenvalue weighted by Gasteiger charge is 2.24. The van der Waals surface area contributed by atoms with Crippen molar-refractivity contribution in [2.24, 2.45) is 0 Å². The topological polar surface area (TPSA) is 98.4 Å². The predicted molar refractivity (Wildman–Crippen MR) is 128 cm³/mol. The lowest BCUT2D eigenvalue weighted by Gasteiger charge is -2.19. The number of carbonyl (C=O) groups is 2. The normalized spacial score (nSPS) is 10.9. The van der Waals surface area contributed by atoms with Gasteiger partial charge in [-0.15, -0.1) is 0 Å². The number of rotatable bonds is 11. The molecule has 0 radical (unpaired) electrons. The monoisotopic (exact) mass is 490 g/mol. The first-order valence-electron chi connectivity index (χ1n) is 11.0. The Morgan fingerprint density at radius 3 is 2.61 bits per heavy atom. The van der Waals surface area contributed by atoms with Crippen LogP contribution in [0.5, 0.6) is 0 Å². The number of unbranched alkanes of at least 4 members (excludes halogenated alkanes) is 2. The molecular weight excluding hydrogens is 464 g/mol. The molecule has 0 fully saturated rings. The number of benzene rings is 1. The molecular formula is C23H27ClN4O4S. The summed E-state index contributed by atoms with van der Waals surface area (Å²) in [6.45, 7) is 6.42. The van der Waals surface area contributed by atoms with Crippen LogP contribution >= 0.6 is 22.9 Å². The minimum Gasteiger partial charge on any atom is -0.462 e. The summed E-state index contributed by atoms with van der Waals surface area (Å²) in [4.78, 5) is 36.2. The SMILES string of the molecule is CCCCCN(C(=O)CCc1nc(-c2ccc(Cl)cc2)no1)c1nc(C)c(C(=O)OCC)s1. The van der Waals surface area contributed by atoms with Crippen LogP contribution in [0.3, 0.4) is 0 Å². The van der Waals surface area contributed by atoms with Crippen molar-refractivity contribution in [3.63, 3.8) is 0 Å². The van der Waals surface area contributed by atoms with Crippen LogP contribution in [0.25, 0.3) is 11.4 Å². The molecule has 10 heteroatoms. The van der Waals surface area contributed by atoms with Crippen LogP contribution in [0.1, 0.15) is 60.8 Å². The molecule has 0 atom stereocenters. The molecule has 0 unspecified atom stereocenters. The molecule has 2 aromatic heterocycles. The Balaban J connectivity index is 1.70. The van der Waals surface area contributed by atoms with Gasteiger partial charge >= 0.3 is 5.97 Å². The zero-order valence-corrected chi connectivity index (χ0v) is 20.5. The van der Waals surface area contributed by atoms with Gasteiger partial charge in [-0.2, -0.15) is 4.98 Å². The van der Waals surface area contributed by atoms with E-state index in [0.29, 0.717) is 45.4 Å². The van der Waals surface area contributed by atoms with E-state index in [-0.39, 0.29) is 18.9 Å². The summed E-state index contributed by atoms with van der Waals surface area (Å²) >= 11 is 7.11. The quantitative estimate of drug-likeness (QED) is 0.259. The van der Waals surface area contributed by atoms with Crippen LogP contribution in [0.15, 0.2) is 28.8 Å². The van der Waals surface area contributed by atoms with E-state index in [2.05, 4.69) is 22.0 Å². The van der Waals surface area contributed by atoms with Gasteiger partial charge in [-0.3, -0.25) is 9.69 Å². The predicted octanol–water partition coefficient (Wildman–Crippen LogP) is 5.49. The van der Waals surface area contributed by atoms with Gasteiger partial charge in [-0.05, 0) is 44.5 Å². The Kier molecular flexibility index (Phi) is 8.96. The maximum Gasteiger partial charge on any atom is 0.350 e. The fourth-order valence-electron chi connectivity index (χ4n) is 3.15. The molecule has 0 bridgehead atoms. The summed E-state index contributed by atoms with van der Waals surface area (Å²) in [6, 6.07) is 7.13. The van der Waals surface area contributed by atoms with Crippen molar-refractivity contribution in [1.82, 2.24) is 15.1 Å². The molecule has 0 aliphatic rings. The van der Waals surface area contributed by atoms with Gasteiger partial charge in [0, 0.05) is 30.0 Å². The summed E-state index contributed by atoms with van der Waals surface area (Å²) in [5.41, 5.74) is 1.35. The number of halogens is 1. The van der Waals surface area contributed by atoms with E-state index in [4.69, 9.17) is 20.9 Å². The third-order valence-corrected chi connectivity index (χ3v) is 6.30. The number of thiazole rings is 1. The van der Waals surface area contributed by atoms with E-state index in [1.54, 1.807) is 30.9 Å². The fraction of sp³-hybridized carbons (Fsp3) is 0.435. The molecule has 176 valence electrons. The standard InChI is InChI=1S/C23H27ClN4O4S/c1-4-6-7-14-28(23-25-15(3)20(33-23)22(30)31-5-2)19(29)13-12-18-26-21(27-32-18)16-8-10-17(24)11-9-16/h8-11H,4-7,12-14H2,1-3H3. The fourth-order valence-corrected chi connectivity index (χ4v) is 4.28. The van der Waals surface area contributed by atoms with Crippen molar-refractivity contribution in [3.05, 3.63) is 45.7 Å². The number of aromatic nitrogens is 3. The van der Waals surface area contributed by atoms with Crippen LogP contribution in [-0.2, 0) is 16.0 Å². The molecule has 0 aliphatic heterocycles. The third-order valence-electron chi connectivity index (χ3n) is 4.89. The van der Waals surface area contributed by atoms with Gasteiger partial charge in [0.15, 0.2) is 5.13 Å². The number of aryl methyl sites for hydroxylation is 2. The Labute approximate surface area is 201 Å². The third kappa shape index (κ3) is 6.61. The molecule has 3 rings (SSSR count). The molecule has 0 saturated heterocycles. The Morgan fingerprint density at radius 1 is 1.15 bits per heavy atom. The first-order chi connectivity index (χ1) is 15.9. The summed E-state index contributed by atoms with van der Waals surface area (Å²) in [5.74, 6) is 0.301.